The van der Waals surface area contributed by atoms with Crippen LogP contribution in [0.15, 0.2) is 0 Å². The molecule has 2 N–H and O–H groups in total. The first-order valence-corrected chi connectivity index (χ1v) is 21.9. The molecule has 0 saturated carbocycles. The number of hydrogen-bond acceptors (Lipinski definition) is 8. The van der Waals surface area contributed by atoms with Gasteiger partial charge in [0.25, 0.3) is 0 Å². The minimum Gasteiger partial charge on any atom is -0.462 e. The number of rotatable bonds is 39. The Morgan fingerprint density at radius 2 is 0.898 bits per heavy atom. The number of aliphatic hydroxyl groups is 1. The fourth-order valence-corrected chi connectivity index (χ4v) is 6.59. The van der Waals surface area contributed by atoms with Crippen LogP contribution in [0, 0.1) is 0 Å². The highest BCUT2D eigenvalue weighted by Crippen LogP contribution is 2.43. The van der Waals surface area contributed by atoms with Gasteiger partial charge < -0.3 is 19.5 Å². The van der Waals surface area contributed by atoms with E-state index in [4.69, 9.17) is 23.6 Å². The Kier molecular flexibility index (Phi) is 36.0. The van der Waals surface area contributed by atoms with Gasteiger partial charge in [-0.15, -0.1) is 0 Å². The van der Waals surface area contributed by atoms with E-state index in [0.29, 0.717) is 19.3 Å². The molecule has 0 spiro atoms. The van der Waals surface area contributed by atoms with Crippen molar-refractivity contribution in [3.05, 3.63) is 0 Å². The summed E-state index contributed by atoms with van der Waals surface area (Å²) < 4.78 is 33.1. The fraction of sp³-hybridized carbons (Fsp3) is 0.949. The molecule has 0 amide bonds. The minimum absolute atomic E-state index is 0.0398. The van der Waals surface area contributed by atoms with E-state index < -0.39 is 26.5 Å². The standard InChI is InChI=1S/C39H77O9P/c1-3-5-7-9-11-13-15-17-19-21-23-25-27-31-38(41)45-35-37(36-47-49(43,44)46-34-30-29-33-40)48-39(42)32-28-26-24-22-20-18-16-14-12-10-8-6-4-2/h37,40H,3-36H2,1-2H3,(H,43,44)/t37-/m1/s1. The van der Waals surface area contributed by atoms with Gasteiger partial charge in [0.05, 0.1) is 13.2 Å². The predicted octanol–water partition coefficient (Wildman–Crippen LogP) is 11.3. The zero-order chi connectivity index (χ0) is 36.1. The summed E-state index contributed by atoms with van der Waals surface area (Å²) in [5.74, 6) is -0.825. The summed E-state index contributed by atoms with van der Waals surface area (Å²) >= 11 is 0. The number of phosphoric acid groups is 1. The summed E-state index contributed by atoms with van der Waals surface area (Å²) in [7, 11) is -4.39. The van der Waals surface area contributed by atoms with Gasteiger partial charge in [0, 0.05) is 19.4 Å². The number of carbonyl (C=O) groups is 2. The van der Waals surface area contributed by atoms with Gasteiger partial charge in [-0.3, -0.25) is 18.6 Å². The van der Waals surface area contributed by atoms with Crippen LogP contribution in [0.2, 0.25) is 0 Å². The average Bonchev–Trinajstić information content (AvgIpc) is 3.08. The zero-order valence-electron chi connectivity index (χ0n) is 31.8. The molecule has 0 aliphatic heterocycles. The fourth-order valence-electron chi connectivity index (χ4n) is 5.80. The van der Waals surface area contributed by atoms with Gasteiger partial charge in [0.2, 0.25) is 0 Å². The number of ether oxygens (including phenoxy) is 2. The van der Waals surface area contributed by atoms with E-state index in [1.165, 1.54) is 128 Å². The van der Waals surface area contributed by atoms with Gasteiger partial charge in [0.1, 0.15) is 6.61 Å². The number of aliphatic hydroxyl groups excluding tert-OH is 1. The van der Waals surface area contributed by atoms with Crippen LogP contribution in [0.4, 0.5) is 0 Å². The van der Waals surface area contributed by atoms with Crippen molar-refractivity contribution < 1.29 is 42.7 Å². The minimum atomic E-state index is -4.39. The lowest BCUT2D eigenvalue weighted by Gasteiger charge is -2.20. The van der Waals surface area contributed by atoms with Crippen LogP contribution in [0.3, 0.4) is 0 Å². The van der Waals surface area contributed by atoms with E-state index >= 15 is 0 Å². The van der Waals surface area contributed by atoms with Crippen molar-refractivity contribution in [2.75, 3.05) is 26.4 Å². The first-order chi connectivity index (χ1) is 23.8. The van der Waals surface area contributed by atoms with Crippen LogP contribution in [0.5, 0.6) is 0 Å². The van der Waals surface area contributed by atoms with Crippen molar-refractivity contribution in [1.82, 2.24) is 0 Å². The summed E-state index contributed by atoms with van der Waals surface area (Å²) in [5, 5.41) is 8.88. The first-order valence-electron chi connectivity index (χ1n) is 20.4. The second-order valence-corrected chi connectivity index (χ2v) is 15.3. The Morgan fingerprint density at radius 1 is 0.510 bits per heavy atom. The second-order valence-electron chi connectivity index (χ2n) is 13.8. The SMILES string of the molecule is CCCCCCCCCCCCCCCC(=O)OC[C@H](COP(=O)(O)OCCCCO)OC(=O)CCCCCCCCCCCCCCC. The number of hydrogen-bond donors (Lipinski definition) is 2. The first kappa shape index (κ1) is 48.0. The molecule has 292 valence electrons. The highest BCUT2D eigenvalue weighted by molar-refractivity contribution is 7.47. The van der Waals surface area contributed by atoms with Crippen LogP contribution in [0.25, 0.3) is 0 Å². The van der Waals surface area contributed by atoms with Crippen LogP contribution < -0.4 is 0 Å². The van der Waals surface area contributed by atoms with E-state index in [1.807, 2.05) is 0 Å². The lowest BCUT2D eigenvalue weighted by atomic mass is 10.0. The third-order valence-corrected chi connectivity index (χ3v) is 9.91. The van der Waals surface area contributed by atoms with E-state index in [9.17, 15) is 19.0 Å². The largest absolute Gasteiger partial charge is 0.472 e. The van der Waals surface area contributed by atoms with Crippen LogP contribution >= 0.6 is 7.82 Å². The highest BCUT2D eigenvalue weighted by atomic mass is 31.2. The monoisotopic (exact) mass is 721 g/mol. The predicted molar refractivity (Wildman–Crippen MR) is 200 cm³/mol. The normalized spacial score (nSPS) is 13.3. The number of unbranched alkanes of at least 4 members (excludes halogenated alkanes) is 25. The number of phosphoric ester groups is 1. The molecule has 10 heteroatoms. The molecule has 0 saturated heterocycles. The van der Waals surface area contributed by atoms with E-state index in [0.717, 1.165) is 32.1 Å². The summed E-state index contributed by atoms with van der Waals surface area (Å²) in [4.78, 5) is 35.0. The maximum atomic E-state index is 12.6. The molecule has 1 unspecified atom stereocenters. The lowest BCUT2D eigenvalue weighted by Crippen LogP contribution is -2.29. The molecule has 0 fully saturated rings. The molecule has 0 heterocycles. The molecule has 0 aromatic rings. The van der Waals surface area contributed by atoms with Crippen LogP contribution in [-0.2, 0) is 32.7 Å². The van der Waals surface area contributed by atoms with Crippen molar-refractivity contribution in [2.45, 2.75) is 213 Å². The molecule has 0 aliphatic rings. The zero-order valence-corrected chi connectivity index (χ0v) is 32.7. The van der Waals surface area contributed by atoms with Crippen LogP contribution in [0.1, 0.15) is 206 Å². The third-order valence-electron chi connectivity index (χ3n) is 8.93. The van der Waals surface area contributed by atoms with Gasteiger partial charge in [0.15, 0.2) is 6.10 Å². The Bertz CT molecular complexity index is 780. The van der Waals surface area contributed by atoms with Crippen LogP contribution in [-0.4, -0.2) is 54.5 Å². The molecule has 0 rings (SSSR count). The Hall–Kier alpha value is -0.990. The summed E-state index contributed by atoms with van der Waals surface area (Å²) in [6.07, 6.45) is 32.0. The summed E-state index contributed by atoms with van der Waals surface area (Å²) in [6.45, 7) is 3.73. The molecule has 0 bridgehead atoms. The van der Waals surface area contributed by atoms with Crippen molar-refractivity contribution in [3.63, 3.8) is 0 Å². The Balaban J connectivity index is 4.28. The lowest BCUT2D eigenvalue weighted by molar-refractivity contribution is -0.161. The molecular weight excluding hydrogens is 643 g/mol. The molecular formula is C39H77O9P. The second kappa shape index (κ2) is 36.8. The Labute approximate surface area is 301 Å². The smallest absolute Gasteiger partial charge is 0.462 e. The maximum Gasteiger partial charge on any atom is 0.472 e. The maximum absolute atomic E-state index is 12.6. The molecule has 0 aromatic carbocycles. The summed E-state index contributed by atoms with van der Waals surface area (Å²) in [6, 6.07) is 0. The number of carbonyl (C=O) groups excluding carboxylic acids is 2. The molecule has 0 aromatic heterocycles. The van der Waals surface area contributed by atoms with Gasteiger partial charge in [-0.2, -0.15) is 0 Å². The molecule has 49 heavy (non-hydrogen) atoms. The molecule has 0 radical (unpaired) electrons. The third kappa shape index (κ3) is 36.6. The van der Waals surface area contributed by atoms with Crippen molar-refractivity contribution in [1.29, 1.82) is 0 Å². The van der Waals surface area contributed by atoms with Crippen molar-refractivity contribution >= 4 is 19.8 Å². The van der Waals surface area contributed by atoms with E-state index in [2.05, 4.69) is 13.8 Å². The van der Waals surface area contributed by atoms with Gasteiger partial charge in [-0.1, -0.05) is 168 Å². The van der Waals surface area contributed by atoms with E-state index in [1.54, 1.807) is 0 Å². The van der Waals surface area contributed by atoms with Gasteiger partial charge >= 0.3 is 19.8 Å². The molecule has 2 atom stereocenters. The Morgan fingerprint density at radius 3 is 1.31 bits per heavy atom. The summed E-state index contributed by atoms with van der Waals surface area (Å²) in [5.41, 5.74) is 0. The van der Waals surface area contributed by atoms with Gasteiger partial charge in [-0.05, 0) is 25.7 Å². The quantitative estimate of drug-likeness (QED) is 0.0362. The van der Waals surface area contributed by atoms with Gasteiger partial charge in [-0.25, -0.2) is 4.57 Å². The highest BCUT2D eigenvalue weighted by Gasteiger charge is 2.26. The van der Waals surface area contributed by atoms with Crippen molar-refractivity contribution in [2.24, 2.45) is 0 Å². The van der Waals surface area contributed by atoms with Crippen molar-refractivity contribution in [3.8, 4) is 0 Å². The average molecular weight is 721 g/mol. The van der Waals surface area contributed by atoms with E-state index in [-0.39, 0.29) is 38.6 Å². The number of esters is 2. The molecule has 9 nitrogen and oxygen atoms in total. The molecule has 0 aliphatic carbocycles. The topological polar surface area (TPSA) is 129 Å².